The third-order valence-electron chi connectivity index (χ3n) is 10.5. The van der Waals surface area contributed by atoms with Crippen molar-refractivity contribution in [1.82, 2.24) is 26.2 Å². The number of rotatable bonds is 18. The number of hydrogen-bond donors (Lipinski definition) is 5. The number of primary amides is 1. The van der Waals surface area contributed by atoms with Crippen molar-refractivity contribution in [3.8, 4) is 0 Å². The number of nitrogens with one attached hydrogen (secondary N) is 4. The fourth-order valence-corrected chi connectivity index (χ4v) is 7.45. The van der Waals surface area contributed by atoms with E-state index >= 15 is 0 Å². The maximum atomic E-state index is 14.6. The van der Waals surface area contributed by atoms with Crippen molar-refractivity contribution >= 4 is 41.2 Å². The van der Waals surface area contributed by atoms with Crippen LogP contribution in [0.25, 0.3) is 0 Å². The van der Waals surface area contributed by atoms with Crippen molar-refractivity contribution in [2.24, 2.45) is 11.7 Å². The summed E-state index contributed by atoms with van der Waals surface area (Å²) in [5.74, 6) is -5.24. The number of ether oxygens (including phenoxy) is 1. The first-order valence-corrected chi connectivity index (χ1v) is 19.6. The first-order chi connectivity index (χ1) is 27.5. The molecular weight excluding hydrogens is 729 g/mol. The summed E-state index contributed by atoms with van der Waals surface area (Å²) >= 11 is 0. The van der Waals surface area contributed by atoms with E-state index < -0.39 is 78.0 Å². The number of nitrogens with zero attached hydrogens (tertiary/aromatic N) is 1. The molecule has 302 valence electrons. The Balaban J connectivity index is 1.30. The van der Waals surface area contributed by atoms with E-state index in [1.807, 2.05) is 30.3 Å². The van der Waals surface area contributed by atoms with Crippen LogP contribution in [0.4, 0.5) is 0 Å². The highest BCUT2D eigenvalue weighted by atomic mass is 16.5. The number of nitrogens with two attached hydrogens (primary N) is 1. The van der Waals surface area contributed by atoms with Gasteiger partial charge in [-0.1, -0.05) is 111 Å². The molecule has 6 amide bonds. The maximum absolute atomic E-state index is 14.6. The van der Waals surface area contributed by atoms with Crippen molar-refractivity contribution in [2.45, 2.75) is 95.2 Å². The van der Waals surface area contributed by atoms with E-state index in [-0.39, 0.29) is 31.9 Å². The minimum Gasteiger partial charge on any atom is -0.372 e. The summed E-state index contributed by atoms with van der Waals surface area (Å²) in [4.78, 5) is 95.0. The fourth-order valence-electron chi connectivity index (χ4n) is 7.45. The van der Waals surface area contributed by atoms with Gasteiger partial charge >= 0.3 is 0 Å². The third kappa shape index (κ3) is 11.8. The first-order valence-electron chi connectivity index (χ1n) is 19.6. The minimum atomic E-state index is -1.26. The monoisotopic (exact) mass is 780 g/mol. The van der Waals surface area contributed by atoms with Gasteiger partial charge in [-0.2, -0.15) is 0 Å². The topological polar surface area (TPSA) is 206 Å². The van der Waals surface area contributed by atoms with Crippen LogP contribution in [0.15, 0.2) is 91.0 Å². The molecule has 2 fully saturated rings. The summed E-state index contributed by atoms with van der Waals surface area (Å²) in [6.07, 6.45) is 4.43. The Morgan fingerprint density at radius 2 is 1.44 bits per heavy atom. The van der Waals surface area contributed by atoms with Gasteiger partial charge in [0.05, 0.1) is 25.3 Å². The average molecular weight is 781 g/mol. The molecule has 5 atom stereocenters. The molecule has 0 spiro atoms. The van der Waals surface area contributed by atoms with E-state index in [9.17, 15) is 33.6 Å². The van der Waals surface area contributed by atoms with E-state index in [1.165, 1.54) is 4.90 Å². The van der Waals surface area contributed by atoms with E-state index in [1.54, 1.807) is 67.6 Å². The Morgan fingerprint density at radius 3 is 2.07 bits per heavy atom. The number of amides is 6. The molecule has 14 nitrogen and oxygen atoms in total. The van der Waals surface area contributed by atoms with Crippen molar-refractivity contribution < 1.29 is 38.3 Å². The summed E-state index contributed by atoms with van der Waals surface area (Å²) in [5, 5.41) is 10.4. The Kier molecular flexibility index (Phi) is 15.5. The number of hydrogen-bond acceptors (Lipinski definition) is 8. The van der Waals surface area contributed by atoms with Crippen LogP contribution in [0.3, 0.4) is 0 Å². The lowest BCUT2D eigenvalue weighted by Crippen LogP contribution is -2.58. The highest BCUT2D eigenvalue weighted by Crippen LogP contribution is 2.30. The smallest absolute Gasteiger partial charge is 0.290 e. The average Bonchev–Trinajstić information content (AvgIpc) is 3.68. The molecule has 3 aromatic rings. The van der Waals surface area contributed by atoms with Gasteiger partial charge in [-0.3, -0.25) is 33.6 Å². The summed E-state index contributed by atoms with van der Waals surface area (Å²) in [6.45, 7) is 1.48. The molecule has 0 radical (unpaired) electrons. The van der Waals surface area contributed by atoms with Gasteiger partial charge in [-0.05, 0) is 48.4 Å². The van der Waals surface area contributed by atoms with Gasteiger partial charge in [0.15, 0.2) is 0 Å². The van der Waals surface area contributed by atoms with E-state index in [0.29, 0.717) is 17.5 Å². The molecule has 57 heavy (non-hydrogen) atoms. The molecule has 1 heterocycles. The highest BCUT2D eigenvalue weighted by Gasteiger charge is 2.45. The number of Topliss-reactive ketones (excluding diaryl/α,β-unsaturated/α-hetero) is 1. The molecule has 1 aliphatic heterocycles. The zero-order chi connectivity index (χ0) is 40.7. The lowest BCUT2D eigenvalue weighted by molar-refractivity contribution is -0.143. The molecule has 5 rings (SSSR count). The molecule has 1 saturated heterocycles. The molecule has 0 aromatic heterocycles. The second kappa shape index (κ2) is 20.9. The zero-order valence-corrected chi connectivity index (χ0v) is 32.2. The van der Waals surface area contributed by atoms with Crippen molar-refractivity contribution in [3.05, 3.63) is 108 Å². The van der Waals surface area contributed by atoms with Crippen LogP contribution in [-0.4, -0.2) is 83.4 Å². The van der Waals surface area contributed by atoms with E-state index in [4.69, 9.17) is 10.5 Å². The second-order valence-corrected chi connectivity index (χ2v) is 14.6. The predicted molar refractivity (Wildman–Crippen MR) is 211 cm³/mol. The third-order valence-corrected chi connectivity index (χ3v) is 10.5. The second-order valence-electron chi connectivity index (χ2n) is 14.6. The van der Waals surface area contributed by atoms with E-state index in [2.05, 4.69) is 21.3 Å². The standard InChI is InChI=1S/C43H52N6O8/c1-2-15-33(38(51)42(55)45-25-35(50)47-36(39(44)52)29-18-9-4-10-19-29)46-41(54)34-24-32(57-27-28-16-7-3-8-17-28)26-49(34)43(56)37(30-20-11-5-12-21-30)48-40(53)31-22-13-6-14-23-31/h3-4,6-10,13-14,16-19,22-23,30,32-34,36-37H,2,5,11-12,15,20-21,24-27H2,1H3,(H2,44,52)(H,45,55)(H,46,54)(H,47,50)(H,48,53). The largest absolute Gasteiger partial charge is 0.372 e. The molecule has 5 unspecified atom stereocenters. The van der Waals surface area contributed by atoms with Gasteiger partial charge in [0.25, 0.3) is 11.8 Å². The molecule has 3 aromatic carbocycles. The summed E-state index contributed by atoms with van der Waals surface area (Å²) in [6, 6.07) is 22.1. The molecular formula is C43H52N6O8. The van der Waals surface area contributed by atoms with Crippen LogP contribution in [-0.2, 0) is 40.1 Å². The Hall–Kier alpha value is -5.89. The summed E-state index contributed by atoms with van der Waals surface area (Å²) in [7, 11) is 0. The molecule has 2 aliphatic rings. The predicted octanol–water partition coefficient (Wildman–Crippen LogP) is 2.86. The van der Waals surface area contributed by atoms with Gasteiger partial charge in [0, 0.05) is 18.5 Å². The summed E-state index contributed by atoms with van der Waals surface area (Å²) in [5.41, 5.74) is 7.26. The van der Waals surface area contributed by atoms with Gasteiger partial charge in [-0.25, -0.2) is 0 Å². The molecule has 6 N–H and O–H groups in total. The normalized spacial score (nSPS) is 18.4. The van der Waals surface area contributed by atoms with Crippen molar-refractivity contribution in [3.63, 3.8) is 0 Å². The van der Waals surface area contributed by atoms with Crippen LogP contribution < -0.4 is 27.0 Å². The zero-order valence-electron chi connectivity index (χ0n) is 32.2. The number of ketones is 1. The van der Waals surface area contributed by atoms with Crippen LogP contribution in [0, 0.1) is 5.92 Å². The quantitative estimate of drug-likeness (QED) is 0.121. The van der Waals surface area contributed by atoms with Crippen molar-refractivity contribution in [2.75, 3.05) is 13.1 Å². The van der Waals surface area contributed by atoms with Crippen LogP contribution >= 0.6 is 0 Å². The van der Waals surface area contributed by atoms with Gasteiger partial charge in [0.1, 0.15) is 18.1 Å². The number of benzene rings is 3. The van der Waals surface area contributed by atoms with Gasteiger partial charge < -0.3 is 36.6 Å². The highest BCUT2D eigenvalue weighted by molar-refractivity contribution is 6.38. The molecule has 0 bridgehead atoms. The number of carbonyl (C=O) groups is 7. The Morgan fingerprint density at radius 1 is 0.807 bits per heavy atom. The van der Waals surface area contributed by atoms with Gasteiger partial charge in [0.2, 0.25) is 29.4 Å². The molecule has 1 aliphatic carbocycles. The lowest BCUT2D eigenvalue weighted by atomic mass is 9.83. The molecule has 14 heteroatoms. The maximum Gasteiger partial charge on any atom is 0.290 e. The first kappa shape index (κ1) is 42.3. The molecule has 1 saturated carbocycles. The van der Waals surface area contributed by atoms with Crippen molar-refractivity contribution in [1.29, 1.82) is 0 Å². The van der Waals surface area contributed by atoms with Gasteiger partial charge in [-0.15, -0.1) is 0 Å². The Bertz CT molecular complexity index is 1850. The lowest BCUT2D eigenvalue weighted by Gasteiger charge is -2.35. The Labute approximate surface area is 332 Å². The van der Waals surface area contributed by atoms with Crippen LogP contribution in [0.2, 0.25) is 0 Å². The summed E-state index contributed by atoms with van der Waals surface area (Å²) < 4.78 is 6.23. The fraction of sp³-hybridized carbons (Fsp3) is 0.419. The van der Waals surface area contributed by atoms with E-state index in [0.717, 1.165) is 37.7 Å². The van der Waals surface area contributed by atoms with Crippen LogP contribution in [0.1, 0.15) is 85.8 Å². The number of likely N-dealkylation sites (tertiary alicyclic amines) is 1. The van der Waals surface area contributed by atoms with Crippen LogP contribution in [0.5, 0.6) is 0 Å². The number of carbonyl (C=O) groups excluding carboxylic acids is 7. The minimum absolute atomic E-state index is 0.0748. The SMILES string of the molecule is CCCC(NC(=O)C1CC(OCc2ccccc2)CN1C(=O)C(NC(=O)c1ccccc1)C1CCCCC1)C(=O)C(=O)NCC(=O)NC(C(N)=O)c1ccccc1.